The normalized spacial score (nSPS) is 29.4. The minimum absolute atomic E-state index is 0.206. The molecule has 2 unspecified atom stereocenters. The van der Waals surface area contributed by atoms with Gasteiger partial charge in [0.2, 0.25) is 0 Å². The van der Waals surface area contributed by atoms with Crippen molar-refractivity contribution in [3.63, 3.8) is 0 Å². The Kier molecular flexibility index (Phi) is 4.50. The monoisotopic (exact) mass is 231 g/mol. The minimum Gasteiger partial charge on any atom is -0.379 e. The number of ether oxygens (including phenoxy) is 1. The van der Waals surface area contributed by atoms with Crippen molar-refractivity contribution in [1.82, 2.24) is 5.32 Å². The molecule has 1 heterocycles. The van der Waals surface area contributed by atoms with Gasteiger partial charge in [-0.2, -0.15) is 11.8 Å². The molecule has 0 bridgehead atoms. The Morgan fingerprint density at radius 3 is 2.60 bits per heavy atom. The molecule has 1 saturated heterocycles. The highest BCUT2D eigenvalue weighted by Gasteiger charge is 2.30. The fourth-order valence-electron chi connectivity index (χ4n) is 1.79. The number of nitrogens with one attached hydrogen (secondary N) is 1. The first-order valence-corrected chi connectivity index (χ1v) is 6.79. The maximum absolute atomic E-state index is 5.44. The molecule has 15 heavy (non-hydrogen) atoms. The Hall–Kier alpha value is 0.270. The van der Waals surface area contributed by atoms with Crippen LogP contribution in [0.2, 0.25) is 0 Å². The molecular formula is C12H25NOS. The zero-order valence-electron chi connectivity index (χ0n) is 10.7. The van der Waals surface area contributed by atoms with Crippen LogP contribution in [0.5, 0.6) is 0 Å². The average Bonchev–Trinajstić information content (AvgIpc) is 2.47. The first-order valence-electron chi connectivity index (χ1n) is 5.80. The summed E-state index contributed by atoms with van der Waals surface area (Å²) in [4.78, 5) is 0. The van der Waals surface area contributed by atoms with Gasteiger partial charge in [-0.1, -0.05) is 20.8 Å². The van der Waals surface area contributed by atoms with Crippen LogP contribution in [-0.4, -0.2) is 35.3 Å². The quantitative estimate of drug-likeness (QED) is 0.804. The summed E-state index contributed by atoms with van der Waals surface area (Å²) in [5.41, 5.74) is 0.206. The van der Waals surface area contributed by atoms with Crippen LogP contribution in [-0.2, 0) is 4.74 Å². The second kappa shape index (κ2) is 5.07. The van der Waals surface area contributed by atoms with E-state index in [9.17, 15) is 0 Å². The van der Waals surface area contributed by atoms with Gasteiger partial charge in [0.25, 0.3) is 0 Å². The highest BCUT2D eigenvalue weighted by molar-refractivity contribution is 8.00. The van der Waals surface area contributed by atoms with E-state index in [0.29, 0.717) is 10.8 Å². The summed E-state index contributed by atoms with van der Waals surface area (Å²) >= 11 is 2.02. The first-order chi connectivity index (χ1) is 6.81. The highest BCUT2D eigenvalue weighted by Crippen LogP contribution is 2.25. The van der Waals surface area contributed by atoms with Gasteiger partial charge >= 0.3 is 0 Å². The van der Waals surface area contributed by atoms with E-state index in [1.807, 2.05) is 11.8 Å². The first kappa shape index (κ1) is 13.3. The second-order valence-electron chi connectivity index (χ2n) is 5.83. The number of hydrogen-bond acceptors (Lipinski definition) is 3. The van der Waals surface area contributed by atoms with Crippen LogP contribution in [0.1, 0.15) is 41.0 Å². The van der Waals surface area contributed by atoms with Gasteiger partial charge in [0.05, 0.1) is 6.61 Å². The van der Waals surface area contributed by atoms with Crippen LogP contribution in [0.15, 0.2) is 0 Å². The van der Waals surface area contributed by atoms with E-state index in [1.165, 1.54) is 5.75 Å². The van der Waals surface area contributed by atoms with Gasteiger partial charge in [0.15, 0.2) is 0 Å². The third kappa shape index (κ3) is 5.23. The Labute approximate surface area is 98.5 Å². The van der Waals surface area contributed by atoms with Crippen LogP contribution >= 0.6 is 11.8 Å². The highest BCUT2D eigenvalue weighted by atomic mass is 32.2. The van der Waals surface area contributed by atoms with E-state index in [-0.39, 0.29) is 5.54 Å². The van der Waals surface area contributed by atoms with E-state index in [0.717, 1.165) is 19.6 Å². The lowest BCUT2D eigenvalue weighted by Gasteiger charge is -2.29. The lowest BCUT2D eigenvalue weighted by molar-refractivity contribution is 0.169. The van der Waals surface area contributed by atoms with Crippen LogP contribution in [0.25, 0.3) is 0 Å². The van der Waals surface area contributed by atoms with Crippen LogP contribution in [0.4, 0.5) is 0 Å². The van der Waals surface area contributed by atoms with Crippen LogP contribution in [0.3, 0.4) is 0 Å². The molecule has 0 aromatic carbocycles. The third-order valence-electron chi connectivity index (χ3n) is 2.58. The molecule has 0 amide bonds. The minimum atomic E-state index is 0.206. The summed E-state index contributed by atoms with van der Waals surface area (Å²) in [6.45, 7) is 13.1. The van der Waals surface area contributed by atoms with E-state index in [4.69, 9.17) is 4.74 Å². The summed E-state index contributed by atoms with van der Waals surface area (Å²) in [6.07, 6.45) is 1.14. The summed E-state index contributed by atoms with van der Waals surface area (Å²) in [7, 11) is 0. The van der Waals surface area contributed by atoms with Crippen molar-refractivity contribution in [3.8, 4) is 0 Å². The molecular weight excluding hydrogens is 206 g/mol. The molecule has 1 rings (SSSR count). The predicted molar refractivity (Wildman–Crippen MR) is 68.6 cm³/mol. The lowest BCUT2D eigenvalue weighted by Crippen LogP contribution is -2.48. The molecule has 0 aliphatic carbocycles. The standard InChI is InChI=1S/C12H25NOS/c1-10(8-15-11(2,3)4)13-12(5)6-7-14-9-12/h10,13H,6-9H2,1-5H3. The smallest absolute Gasteiger partial charge is 0.0646 e. The zero-order chi connectivity index (χ0) is 11.5. The summed E-state index contributed by atoms with van der Waals surface area (Å²) in [5, 5.41) is 3.68. The number of hydrogen-bond donors (Lipinski definition) is 1. The molecule has 1 N–H and O–H groups in total. The fraction of sp³-hybridized carbons (Fsp3) is 1.00. The van der Waals surface area contributed by atoms with Crippen molar-refractivity contribution in [2.75, 3.05) is 19.0 Å². The van der Waals surface area contributed by atoms with Crippen molar-refractivity contribution < 1.29 is 4.74 Å². The second-order valence-corrected chi connectivity index (χ2v) is 7.68. The van der Waals surface area contributed by atoms with Gasteiger partial charge in [-0.3, -0.25) is 0 Å². The molecule has 1 aliphatic heterocycles. The summed E-state index contributed by atoms with van der Waals surface area (Å²) < 4.78 is 5.80. The molecule has 0 radical (unpaired) electrons. The van der Waals surface area contributed by atoms with Crippen molar-refractivity contribution in [3.05, 3.63) is 0 Å². The third-order valence-corrected chi connectivity index (χ3v) is 4.11. The Balaban J connectivity index is 2.26. The number of thioether (sulfide) groups is 1. The molecule has 90 valence electrons. The molecule has 0 saturated carbocycles. The molecule has 2 nitrogen and oxygen atoms in total. The molecule has 1 aliphatic rings. The Bertz CT molecular complexity index is 194. The molecule has 0 aromatic rings. The Morgan fingerprint density at radius 1 is 1.47 bits per heavy atom. The van der Waals surface area contributed by atoms with E-state index >= 15 is 0 Å². The maximum Gasteiger partial charge on any atom is 0.0646 e. The largest absolute Gasteiger partial charge is 0.379 e. The van der Waals surface area contributed by atoms with Crippen LogP contribution < -0.4 is 5.32 Å². The van der Waals surface area contributed by atoms with Gasteiger partial charge in [-0.25, -0.2) is 0 Å². The van der Waals surface area contributed by atoms with Gasteiger partial charge in [0, 0.05) is 28.7 Å². The summed E-state index contributed by atoms with van der Waals surface area (Å²) in [6, 6.07) is 0.556. The van der Waals surface area contributed by atoms with Crippen molar-refractivity contribution in [2.45, 2.75) is 57.4 Å². The SMILES string of the molecule is CC(CSC(C)(C)C)NC1(C)CCOC1. The van der Waals surface area contributed by atoms with E-state index < -0.39 is 0 Å². The molecule has 0 spiro atoms. The summed E-state index contributed by atoms with van der Waals surface area (Å²) in [5.74, 6) is 1.17. The maximum atomic E-state index is 5.44. The number of rotatable bonds is 4. The molecule has 3 heteroatoms. The van der Waals surface area contributed by atoms with Gasteiger partial charge in [-0.05, 0) is 20.3 Å². The van der Waals surface area contributed by atoms with Gasteiger partial charge in [0.1, 0.15) is 0 Å². The van der Waals surface area contributed by atoms with Crippen molar-refractivity contribution in [2.24, 2.45) is 0 Å². The van der Waals surface area contributed by atoms with E-state index in [2.05, 4.69) is 39.9 Å². The van der Waals surface area contributed by atoms with Crippen molar-refractivity contribution in [1.29, 1.82) is 0 Å². The predicted octanol–water partition coefficient (Wildman–Crippen LogP) is 2.68. The molecule has 1 fully saturated rings. The van der Waals surface area contributed by atoms with Gasteiger partial charge in [-0.15, -0.1) is 0 Å². The zero-order valence-corrected chi connectivity index (χ0v) is 11.5. The molecule has 0 aromatic heterocycles. The van der Waals surface area contributed by atoms with E-state index in [1.54, 1.807) is 0 Å². The average molecular weight is 231 g/mol. The topological polar surface area (TPSA) is 21.3 Å². The van der Waals surface area contributed by atoms with Gasteiger partial charge < -0.3 is 10.1 Å². The Morgan fingerprint density at radius 2 is 2.13 bits per heavy atom. The fourth-order valence-corrected chi connectivity index (χ4v) is 2.63. The lowest BCUT2D eigenvalue weighted by atomic mass is 10.0. The van der Waals surface area contributed by atoms with Crippen LogP contribution in [0, 0.1) is 0 Å². The molecule has 2 atom stereocenters. The van der Waals surface area contributed by atoms with Crippen molar-refractivity contribution >= 4 is 11.8 Å².